The fraction of sp³-hybridized carbons (Fsp3) is 0.396. The minimum Gasteiger partial charge on any atom is -0.304 e. The molecule has 0 spiro atoms. The van der Waals surface area contributed by atoms with Gasteiger partial charge in [-0.05, 0) is 117 Å². The number of nitrogens with zero attached hydrogens (tertiary/aromatic N) is 4. The number of H-pyrrole nitrogens is 1. The molecule has 2 aromatic heterocycles. The van der Waals surface area contributed by atoms with Crippen molar-refractivity contribution in [2.75, 3.05) is 19.6 Å². The summed E-state index contributed by atoms with van der Waals surface area (Å²) in [5, 5.41) is 12.0. The Morgan fingerprint density at radius 3 is 1.41 bits per heavy atom. The summed E-state index contributed by atoms with van der Waals surface area (Å²) in [4.78, 5) is 25.6. The van der Waals surface area contributed by atoms with Crippen LogP contribution in [0, 0.1) is 36.3 Å². The lowest BCUT2D eigenvalue weighted by molar-refractivity contribution is -0.118. The molecule has 7 nitrogen and oxygen atoms in total. The average molecular weight is 883 g/mol. The molecule has 6 rings (SSSR count). The van der Waals surface area contributed by atoms with Gasteiger partial charge in [-0.1, -0.05) is 155 Å². The number of carbonyl (C=O) groups excluding carboxylic acids is 2. The summed E-state index contributed by atoms with van der Waals surface area (Å²) in [7, 11) is 0. The second-order valence-electron chi connectivity index (χ2n) is 17.2. The van der Waals surface area contributed by atoms with Crippen molar-refractivity contribution in [3.63, 3.8) is 0 Å². The third-order valence-corrected chi connectivity index (χ3v) is 10.9. The highest BCUT2D eigenvalue weighted by atomic mass is 35.5. The number of hydrogen-bond acceptors (Lipinski definition) is 5. The van der Waals surface area contributed by atoms with E-state index in [1.807, 2.05) is 88.4 Å². The molecule has 2 heterocycles. The van der Waals surface area contributed by atoms with Crippen LogP contribution in [0.5, 0.6) is 0 Å². The molecule has 0 fully saturated rings. The summed E-state index contributed by atoms with van der Waals surface area (Å²) in [6.07, 6.45) is 3.13. The fourth-order valence-corrected chi connectivity index (χ4v) is 6.24. The van der Waals surface area contributed by atoms with E-state index in [1.165, 1.54) is 49.5 Å². The number of aromatic amines is 1. The van der Waals surface area contributed by atoms with Crippen molar-refractivity contribution in [1.29, 1.82) is 0 Å². The van der Waals surface area contributed by atoms with Crippen molar-refractivity contribution in [2.24, 2.45) is 10.8 Å². The van der Waals surface area contributed by atoms with E-state index in [0.717, 1.165) is 69.9 Å². The molecule has 1 N–H and O–H groups in total. The van der Waals surface area contributed by atoms with Crippen molar-refractivity contribution < 1.29 is 18.4 Å². The number of halogens is 3. The number of aryl methyl sites for hydroxylation is 3. The molecule has 340 valence electrons. The zero-order valence-electron chi connectivity index (χ0n) is 38.6. The Hall–Kier alpha value is -5.25. The number of carbonyl (C=O) groups is 2. The Bertz CT molecular complexity index is 2250. The van der Waals surface area contributed by atoms with E-state index in [-0.39, 0.29) is 35.6 Å². The molecule has 0 unspecified atom stereocenters. The largest absolute Gasteiger partial charge is 0.304 e. The molecule has 0 saturated carbocycles. The number of aromatic nitrogens is 4. The maximum Gasteiger partial charge on any atom is 0.252 e. The van der Waals surface area contributed by atoms with E-state index >= 15 is 0 Å². The zero-order chi connectivity index (χ0) is 46.0. The maximum atomic E-state index is 13.1. The Balaban J connectivity index is 0.000000334. The van der Waals surface area contributed by atoms with Crippen LogP contribution in [0.15, 0.2) is 109 Å². The van der Waals surface area contributed by atoms with Gasteiger partial charge in [0.25, 0.3) is 5.91 Å². The van der Waals surface area contributed by atoms with Crippen molar-refractivity contribution in [1.82, 2.24) is 24.9 Å². The quantitative estimate of drug-likeness (QED) is 0.131. The molecule has 0 radical (unpaired) electrons. The molecule has 4 aromatic carbocycles. The molecule has 10 heteroatoms. The lowest BCUT2D eigenvalue weighted by atomic mass is 9.95. The Morgan fingerprint density at radius 1 is 0.619 bits per heavy atom. The highest BCUT2D eigenvalue weighted by Gasteiger charge is 2.28. The second kappa shape index (κ2) is 25.8. The summed E-state index contributed by atoms with van der Waals surface area (Å²) in [5.74, 6) is -0.459. The molecule has 0 atom stereocenters. The highest BCUT2D eigenvalue weighted by molar-refractivity contribution is 6.64. The lowest BCUT2D eigenvalue weighted by Gasteiger charge is -2.18. The van der Waals surface area contributed by atoms with Crippen molar-refractivity contribution in [2.45, 2.75) is 109 Å². The van der Waals surface area contributed by atoms with Gasteiger partial charge < -0.3 is 4.90 Å². The van der Waals surface area contributed by atoms with Gasteiger partial charge in [0.1, 0.15) is 11.6 Å². The Kier molecular flexibility index (Phi) is 22.0. The van der Waals surface area contributed by atoms with Crippen LogP contribution >= 0.6 is 11.6 Å². The normalized spacial score (nSPS) is 11.0. The average Bonchev–Trinajstić information content (AvgIpc) is 3.79. The second-order valence-corrected chi connectivity index (χ2v) is 17.5. The molecule has 0 bridgehead atoms. The number of benzene rings is 4. The summed E-state index contributed by atoms with van der Waals surface area (Å²) in [6, 6.07) is 33.3. The van der Waals surface area contributed by atoms with Gasteiger partial charge in [0.2, 0.25) is 5.24 Å². The van der Waals surface area contributed by atoms with E-state index in [2.05, 4.69) is 60.0 Å². The van der Waals surface area contributed by atoms with Gasteiger partial charge in [-0.15, -0.1) is 0 Å². The number of hydrogen-bond donors (Lipinski definition) is 1. The van der Waals surface area contributed by atoms with Crippen LogP contribution < -0.4 is 0 Å². The monoisotopic (exact) mass is 882 g/mol. The van der Waals surface area contributed by atoms with Crippen LogP contribution in [0.25, 0.3) is 22.5 Å². The zero-order valence-corrected chi connectivity index (χ0v) is 39.3. The SMILES string of the molecule is C.CC(C)(C)C(=O)Cl.CCN(CC)CC.Cc1c(-c2ccccc2)n[nH]c1CCc1ccc(F)cc1.Cc1c(-c2ccccc2)nn(C(=O)C(C)(C)C)c1CCc1ccc(F)cc1. The minimum atomic E-state index is -0.531. The minimum absolute atomic E-state index is 0. The van der Waals surface area contributed by atoms with E-state index in [1.54, 1.807) is 37.6 Å². The first kappa shape index (κ1) is 53.9. The molecule has 0 aliphatic heterocycles. The predicted molar refractivity (Wildman–Crippen MR) is 259 cm³/mol. The van der Waals surface area contributed by atoms with E-state index in [9.17, 15) is 18.4 Å². The number of rotatable bonds is 11. The maximum absolute atomic E-state index is 13.1. The van der Waals surface area contributed by atoms with Crippen molar-refractivity contribution in [3.8, 4) is 22.5 Å². The Labute approximate surface area is 381 Å². The summed E-state index contributed by atoms with van der Waals surface area (Å²) in [5.41, 5.74) is 9.48. The first-order valence-electron chi connectivity index (χ1n) is 21.5. The molecule has 0 aliphatic carbocycles. The number of nitrogens with one attached hydrogen (secondary N) is 1. The van der Waals surface area contributed by atoms with Crippen LogP contribution in [0.3, 0.4) is 0 Å². The highest BCUT2D eigenvalue weighted by Crippen LogP contribution is 2.29. The summed E-state index contributed by atoms with van der Waals surface area (Å²) < 4.78 is 27.6. The molecule has 0 saturated heterocycles. The van der Waals surface area contributed by atoms with Crippen LogP contribution in [-0.4, -0.2) is 55.7 Å². The molecular weight excluding hydrogens is 812 g/mol. The molecule has 63 heavy (non-hydrogen) atoms. The van der Waals surface area contributed by atoms with Gasteiger partial charge in [-0.2, -0.15) is 10.2 Å². The Morgan fingerprint density at radius 2 is 1.03 bits per heavy atom. The third-order valence-electron chi connectivity index (χ3n) is 10.4. The topological polar surface area (TPSA) is 83.9 Å². The van der Waals surface area contributed by atoms with Gasteiger partial charge in [0, 0.05) is 27.7 Å². The molecule has 0 aliphatic rings. The van der Waals surface area contributed by atoms with Gasteiger partial charge >= 0.3 is 0 Å². The first-order valence-corrected chi connectivity index (χ1v) is 21.9. The van der Waals surface area contributed by atoms with Crippen LogP contribution in [0.1, 0.15) is 108 Å². The van der Waals surface area contributed by atoms with Crippen molar-refractivity contribution in [3.05, 3.63) is 154 Å². The lowest BCUT2D eigenvalue weighted by Crippen LogP contribution is -2.29. The smallest absolute Gasteiger partial charge is 0.252 e. The first-order chi connectivity index (χ1) is 29.3. The van der Waals surface area contributed by atoms with E-state index in [4.69, 9.17) is 11.6 Å². The van der Waals surface area contributed by atoms with E-state index < -0.39 is 5.41 Å². The summed E-state index contributed by atoms with van der Waals surface area (Å²) >= 11 is 5.11. The molecule has 0 amide bonds. The van der Waals surface area contributed by atoms with Crippen LogP contribution in [-0.2, 0) is 30.5 Å². The van der Waals surface area contributed by atoms with Gasteiger partial charge in [0.05, 0.1) is 17.1 Å². The van der Waals surface area contributed by atoms with Gasteiger partial charge in [-0.25, -0.2) is 13.5 Å². The standard InChI is InChI=1S/C23H25FN2O.C18H17FN2.C6H15N.C5H9ClO.CH4/c1-16-20(15-12-17-10-13-19(24)14-11-17)26(22(27)23(2,3)4)25-21(16)18-8-6-5-7-9-18;1-13-17(12-9-14-7-10-16(19)11-8-14)20-21-18(13)15-5-3-2-4-6-15;1-4-7(5-2)6-3;1-5(2,3)4(6)7;/h5-11,13-14H,12,15H2,1-4H3;2-8,10-11H,9,12H2,1H3,(H,20,21);4-6H2,1-3H3;1-3H3;1H4. The van der Waals surface area contributed by atoms with Crippen molar-refractivity contribution >= 4 is 22.8 Å². The van der Waals surface area contributed by atoms with Gasteiger partial charge in [0.15, 0.2) is 0 Å². The van der Waals surface area contributed by atoms with Crippen LogP contribution in [0.2, 0.25) is 0 Å². The molecular formula is C53H70ClF2N5O2. The predicted octanol–water partition coefficient (Wildman–Crippen LogP) is 13.6. The van der Waals surface area contributed by atoms with Gasteiger partial charge in [-0.3, -0.25) is 14.7 Å². The third kappa shape index (κ3) is 17.1. The molecule has 6 aromatic rings. The van der Waals surface area contributed by atoms with Crippen LogP contribution in [0.4, 0.5) is 8.78 Å². The summed E-state index contributed by atoms with van der Waals surface area (Å²) in [6.45, 7) is 25.3. The van der Waals surface area contributed by atoms with E-state index in [0.29, 0.717) is 6.42 Å². The fourth-order valence-electron chi connectivity index (χ4n) is 6.24.